The molecule has 25 heavy (non-hydrogen) atoms. The number of hydrogen-bond donors (Lipinski definition) is 0. The number of ketones is 1. The van der Waals surface area contributed by atoms with Gasteiger partial charge in [-0.3, -0.25) is 4.79 Å². The molecule has 1 aliphatic heterocycles. The van der Waals surface area contributed by atoms with E-state index in [1.807, 2.05) is 6.92 Å². The summed E-state index contributed by atoms with van der Waals surface area (Å²) in [6.07, 6.45) is 1.91. The third kappa shape index (κ3) is 2.57. The van der Waals surface area contributed by atoms with Gasteiger partial charge in [0.25, 0.3) is 0 Å². The van der Waals surface area contributed by atoms with Gasteiger partial charge in [0, 0.05) is 28.9 Å². The second kappa shape index (κ2) is 5.97. The molecule has 0 N–H and O–H groups in total. The molecule has 5 unspecified atom stereocenters. The molecule has 2 saturated carbocycles. The highest BCUT2D eigenvalue weighted by Gasteiger charge is 2.62. The average Bonchev–Trinajstić information content (AvgIpc) is 2.85. The number of ether oxygens (including phenoxy) is 2. The molecule has 134 valence electrons. The lowest BCUT2D eigenvalue weighted by atomic mass is 9.54. The number of Topliss-reactive ketones (excluding diaryl/α,β-unsaturated/α-hetero) is 1. The third-order valence-electron chi connectivity index (χ3n) is 6.07. The Morgan fingerprint density at radius 2 is 2.00 bits per heavy atom. The largest absolute Gasteiger partial charge is 0.458 e. The van der Waals surface area contributed by atoms with Crippen LogP contribution in [0.5, 0.6) is 0 Å². The number of fused-ring (bicyclic) bond motifs is 3. The van der Waals surface area contributed by atoms with E-state index in [2.05, 4.69) is 13.2 Å². The summed E-state index contributed by atoms with van der Waals surface area (Å²) in [5, 5.41) is 0. The lowest BCUT2D eigenvalue weighted by molar-refractivity contribution is -0.169. The topological polar surface area (TPSA) is 69.7 Å². The lowest BCUT2D eigenvalue weighted by Crippen LogP contribution is -2.56. The van der Waals surface area contributed by atoms with E-state index in [1.165, 1.54) is 0 Å². The van der Waals surface area contributed by atoms with Gasteiger partial charge < -0.3 is 9.47 Å². The van der Waals surface area contributed by atoms with Crippen LogP contribution in [0.4, 0.5) is 0 Å². The maximum atomic E-state index is 12.7. The fourth-order valence-electron chi connectivity index (χ4n) is 4.50. The highest BCUT2D eigenvalue weighted by atomic mass is 16.6. The highest BCUT2D eigenvalue weighted by Crippen LogP contribution is 2.56. The zero-order valence-corrected chi connectivity index (χ0v) is 15.0. The first-order chi connectivity index (χ1) is 11.7. The predicted molar refractivity (Wildman–Crippen MR) is 91.4 cm³/mol. The Morgan fingerprint density at radius 3 is 2.64 bits per heavy atom. The van der Waals surface area contributed by atoms with E-state index in [4.69, 9.17) is 9.47 Å². The summed E-state index contributed by atoms with van der Waals surface area (Å²) >= 11 is 0. The van der Waals surface area contributed by atoms with Crippen molar-refractivity contribution in [3.05, 3.63) is 36.0 Å². The molecule has 3 fully saturated rings. The average molecular weight is 344 g/mol. The second-order valence-corrected chi connectivity index (χ2v) is 7.52. The van der Waals surface area contributed by atoms with Crippen LogP contribution in [-0.4, -0.2) is 29.9 Å². The summed E-state index contributed by atoms with van der Waals surface area (Å²) in [5.41, 5.74) is 0.984. The van der Waals surface area contributed by atoms with Crippen molar-refractivity contribution in [3.63, 3.8) is 0 Å². The van der Waals surface area contributed by atoms with Gasteiger partial charge in [0.05, 0.1) is 5.92 Å². The van der Waals surface area contributed by atoms with Crippen LogP contribution in [-0.2, 0) is 23.9 Å². The molecule has 0 amide bonds. The first kappa shape index (κ1) is 17.6. The van der Waals surface area contributed by atoms with Gasteiger partial charge in [-0.05, 0) is 26.7 Å². The fraction of sp³-hybridized carbons (Fsp3) is 0.550. The molecule has 1 saturated heterocycles. The SMILES string of the molecule is C=C1C(=O)OC2C1C(OC(=O)/C(C)=C/C)CC1(C)C(=O)CCC(=C)C21. The Hall–Kier alpha value is -2.17. The predicted octanol–water partition coefficient (Wildman–Crippen LogP) is 2.91. The fourth-order valence-corrected chi connectivity index (χ4v) is 4.50. The Bertz CT molecular complexity index is 716. The first-order valence-electron chi connectivity index (χ1n) is 8.65. The number of esters is 2. The van der Waals surface area contributed by atoms with Crippen LogP contribution < -0.4 is 0 Å². The first-order valence-corrected chi connectivity index (χ1v) is 8.65. The van der Waals surface area contributed by atoms with Crippen molar-refractivity contribution in [3.8, 4) is 0 Å². The van der Waals surface area contributed by atoms with Gasteiger partial charge in [-0.2, -0.15) is 0 Å². The monoisotopic (exact) mass is 344 g/mol. The van der Waals surface area contributed by atoms with Gasteiger partial charge in [-0.1, -0.05) is 31.7 Å². The van der Waals surface area contributed by atoms with E-state index in [1.54, 1.807) is 19.9 Å². The molecule has 3 aliphatic rings. The summed E-state index contributed by atoms with van der Waals surface area (Å²) in [5.74, 6) is -1.49. The smallest absolute Gasteiger partial charge is 0.334 e. The standard InChI is InChI=1S/C20H24O5/c1-6-10(2)18(22)24-13-9-20(5)14(21)8-7-11(3)16(20)17-15(13)12(4)19(23)25-17/h6,13,15-17H,3-4,7-9H2,1-2,5H3/b10-6+. The van der Waals surface area contributed by atoms with Gasteiger partial charge in [-0.15, -0.1) is 0 Å². The van der Waals surface area contributed by atoms with Gasteiger partial charge >= 0.3 is 11.9 Å². The number of hydrogen-bond acceptors (Lipinski definition) is 5. The minimum atomic E-state index is -0.740. The van der Waals surface area contributed by atoms with E-state index >= 15 is 0 Å². The second-order valence-electron chi connectivity index (χ2n) is 7.52. The molecule has 0 aromatic heterocycles. The highest BCUT2D eigenvalue weighted by molar-refractivity contribution is 5.93. The van der Waals surface area contributed by atoms with E-state index in [0.717, 1.165) is 5.57 Å². The molecule has 2 aliphatic carbocycles. The summed E-state index contributed by atoms with van der Waals surface area (Å²) in [7, 11) is 0. The molecular weight excluding hydrogens is 320 g/mol. The van der Waals surface area contributed by atoms with Crippen molar-refractivity contribution in [1.82, 2.24) is 0 Å². The molecule has 0 aromatic rings. The molecule has 0 spiro atoms. The minimum Gasteiger partial charge on any atom is -0.458 e. The van der Waals surface area contributed by atoms with E-state index in [9.17, 15) is 14.4 Å². The quantitative estimate of drug-likeness (QED) is 0.438. The van der Waals surface area contributed by atoms with Crippen molar-refractivity contribution in [2.75, 3.05) is 0 Å². The summed E-state index contributed by atoms with van der Waals surface area (Å²) in [6, 6.07) is 0. The van der Waals surface area contributed by atoms with Gasteiger partial charge in [0.15, 0.2) is 0 Å². The summed E-state index contributed by atoms with van der Waals surface area (Å²) in [6.45, 7) is 13.3. The Morgan fingerprint density at radius 1 is 1.32 bits per heavy atom. The minimum absolute atomic E-state index is 0.112. The number of rotatable bonds is 2. The van der Waals surface area contributed by atoms with Crippen molar-refractivity contribution >= 4 is 17.7 Å². The Labute approximate surface area is 147 Å². The van der Waals surface area contributed by atoms with Crippen LogP contribution in [0.3, 0.4) is 0 Å². The van der Waals surface area contributed by atoms with Crippen LogP contribution in [0, 0.1) is 17.3 Å². The van der Waals surface area contributed by atoms with E-state index < -0.39 is 35.5 Å². The zero-order chi connectivity index (χ0) is 18.5. The number of allylic oxidation sites excluding steroid dienone is 1. The van der Waals surface area contributed by atoms with Crippen molar-refractivity contribution in [1.29, 1.82) is 0 Å². The van der Waals surface area contributed by atoms with Crippen molar-refractivity contribution < 1.29 is 23.9 Å². The zero-order valence-electron chi connectivity index (χ0n) is 15.0. The molecule has 5 heteroatoms. The maximum Gasteiger partial charge on any atom is 0.334 e. The molecule has 0 bridgehead atoms. The van der Waals surface area contributed by atoms with Crippen molar-refractivity contribution in [2.24, 2.45) is 17.3 Å². The molecule has 0 radical (unpaired) electrons. The molecule has 5 nitrogen and oxygen atoms in total. The van der Waals surface area contributed by atoms with Crippen LogP contribution in [0.2, 0.25) is 0 Å². The lowest BCUT2D eigenvalue weighted by Gasteiger charge is -2.51. The van der Waals surface area contributed by atoms with E-state index in [-0.39, 0.29) is 11.7 Å². The van der Waals surface area contributed by atoms with Crippen molar-refractivity contribution in [2.45, 2.75) is 52.2 Å². The summed E-state index contributed by atoms with van der Waals surface area (Å²) in [4.78, 5) is 37.1. The Kier molecular flexibility index (Phi) is 4.21. The number of carbonyl (C=O) groups excluding carboxylic acids is 3. The van der Waals surface area contributed by atoms with E-state index in [0.29, 0.717) is 30.4 Å². The number of carbonyl (C=O) groups is 3. The van der Waals surface area contributed by atoms with Gasteiger partial charge in [0.1, 0.15) is 18.0 Å². The molecule has 3 rings (SSSR count). The Balaban J connectivity index is 2.01. The van der Waals surface area contributed by atoms with Crippen LogP contribution >= 0.6 is 0 Å². The third-order valence-corrected chi connectivity index (χ3v) is 6.07. The van der Waals surface area contributed by atoms with Gasteiger partial charge in [0.2, 0.25) is 0 Å². The molecule has 5 atom stereocenters. The van der Waals surface area contributed by atoms with Crippen LogP contribution in [0.1, 0.15) is 40.0 Å². The molecular formula is C20H24O5. The normalized spacial score (nSPS) is 38.1. The summed E-state index contributed by atoms with van der Waals surface area (Å²) < 4.78 is 11.3. The molecule has 0 aromatic carbocycles. The van der Waals surface area contributed by atoms with Crippen LogP contribution in [0.25, 0.3) is 0 Å². The van der Waals surface area contributed by atoms with Crippen LogP contribution in [0.15, 0.2) is 36.0 Å². The molecule has 1 heterocycles. The van der Waals surface area contributed by atoms with Gasteiger partial charge in [-0.25, -0.2) is 9.59 Å². The maximum absolute atomic E-state index is 12.7.